The van der Waals surface area contributed by atoms with Crippen LogP contribution in [0.15, 0.2) is 57.3 Å². The molecule has 0 atom stereocenters. The van der Waals surface area contributed by atoms with E-state index in [4.69, 9.17) is 13.9 Å². The van der Waals surface area contributed by atoms with Crippen molar-refractivity contribution < 1.29 is 23.5 Å². The van der Waals surface area contributed by atoms with Gasteiger partial charge in [0, 0.05) is 40.8 Å². The number of ketones is 1. The minimum atomic E-state index is -0.548. The first-order valence-corrected chi connectivity index (χ1v) is 12.5. The number of alkyl halides is 1. The molecule has 184 valence electrons. The molecule has 1 heterocycles. The van der Waals surface area contributed by atoms with Crippen molar-refractivity contribution in [3.05, 3.63) is 80.7 Å². The summed E-state index contributed by atoms with van der Waals surface area (Å²) in [5.74, 6) is 0.433. The van der Waals surface area contributed by atoms with Gasteiger partial charge < -0.3 is 13.9 Å². The van der Waals surface area contributed by atoms with E-state index in [2.05, 4.69) is 15.9 Å². The van der Waals surface area contributed by atoms with E-state index in [-0.39, 0.29) is 17.8 Å². The molecule has 3 aromatic rings. The highest BCUT2D eigenvalue weighted by Gasteiger charge is 2.16. The number of halogens is 1. The Hall–Kier alpha value is -3.19. The molecule has 0 aliphatic rings. The van der Waals surface area contributed by atoms with Crippen LogP contribution in [-0.2, 0) is 17.6 Å². The van der Waals surface area contributed by atoms with Gasteiger partial charge in [-0.1, -0.05) is 27.6 Å². The lowest BCUT2D eigenvalue weighted by molar-refractivity contribution is -0.131. The predicted molar refractivity (Wildman–Crippen MR) is 140 cm³/mol. The van der Waals surface area contributed by atoms with Crippen molar-refractivity contribution >= 4 is 38.7 Å². The summed E-state index contributed by atoms with van der Waals surface area (Å²) in [5, 5.41) is 1.57. The van der Waals surface area contributed by atoms with Gasteiger partial charge in [0.25, 0.3) is 0 Å². The molecule has 3 rings (SSSR count). The quantitative estimate of drug-likeness (QED) is 0.0585. The van der Waals surface area contributed by atoms with Crippen LogP contribution in [0.2, 0.25) is 0 Å². The molecule has 2 aromatic carbocycles. The van der Waals surface area contributed by atoms with Gasteiger partial charge >= 0.3 is 11.6 Å². The lowest BCUT2D eigenvalue weighted by Gasteiger charge is -2.11. The number of benzene rings is 2. The Morgan fingerprint density at radius 3 is 2.46 bits per heavy atom. The number of Topliss-reactive ketones (excluding diaryl/α,β-unsaturated/α-hetero) is 1. The summed E-state index contributed by atoms with van der Waals surface area (Å²) in [4.78, 5) is 37.2. The lowest BCUT2D eigenvalue weighted by Crippen LogP contribution is -2.14. The van der Waals surface area contributed by atoms with Gasteiger partial charge in [0.2, 0.25) is 0 Å². The normalized spacial score (nSPS) is 10.8. The monoisotopic (exact) mass is 540 g/mol. The van der Waals surface area contributed by atoms with Crippen LogP contribution in [0.5, 0.6) is 11.5 Å². The van der Waals surface area contributed by atoms with Gasteiger partial charge in [-0.2, -0.15) is 0 Å². The molecule has 1 aromatic heterocycles. The summed E-state index contributed by atoms with van der Waals surface area (Å²) in [6.45, 7) is 7.68. The minimum Gasteiger partial charge on any atom is -0.493 e. The predicted octanol–water partition coefficient (Wildman–Crippen LogP) is 6.12. The van der Waals surface area contributed by atoms with Crippen LogP contribution in [0.25, 0.3) is 11.0 Å². The zero-order chi connectivity index (χ0) is 25.5. The molecular weight excluding hydrogens is 512 g/mol. The Morgan fingerprint density at radius 1 is 1.03 bits per heavy atom. The van der Waals surface area contributed by atoms with Crippen molar-refractivity contribution in [1.29, 1.82) is 0 Å². The van der Waals surface area contributed by atoms with Crippen LogP contribution in [0.1, 0.15) is 54.2 Å². The van der Waals surface area contributed by atoms with Crippen molar-refractivity contribution in [3.63, 3.8) is 0 Å². The van der Waals surface area contributed by atoms with Gasteiger partial charge in [-0.05, 0) is 75.6 Å². The lowest BCUT2D eigenvalue weighted by atomic mass is 9.99. The molecule has 0 amide bonds. The largest absolute Gasteiger partial charge is 0.493 e. The molecule has 0 fully saturated rings. The molecule has 0 bridgehead atoms. The number of allylic oxidation sites excluding steroid dienone is 2. The van der Waals surface area contributed by atoms with Gasteiger partial charge in [0.15, 0.2) is 5.78 Å². The summed E-state index contributed by atoms with van der Waals surface area (Å²) >= 11 is 3.38. The fourth-order valence-corrected chi connectivity index (χ4v) is 3.85. The average molecular weight is 541 g/mol. The second kappa shape index (κ2) is 12.0. The van der Waals surface area contributed by atoms with Gasteiger partial charge in [0.1, 0.15) is 17.1 Å². The van der Waals surface area contributed by atoms with Crippen LogP contribution in [0.3, 0.4) is 0 Å². The number of esters is 1. The molecule has 0 saturated carbocycles. The molecular formula is C28H29BrO6. The Morgan fingerprint density at radius 2 is 1.77 bits per heavy atom. The number of aryl methyl sites for hydroxylation is 1. The molecule has 0 unspecified atom stereocenters. The topological polar surface area (TPSA) is 82.8 Å². The third-order valence-corrected chi connectivity index (χ3v) is 5.99. The molecule has 0 saturated heterocycles. The van der Waals surface area contributed by atoms with Crippen LogP contribution in [0.4, 0.5) is 0 Å². The second-order valence-electron chi connectivity index (χ2n) is 8.56. The highest BCUT2D eigenvalue weighted by molar-refractivity contribution is 9.09. The fourth-order valence-electron chi connectivity index (χ4n) is 3.62. The Bertz CT molecular complexity index is 1330. The van der Waals surface area contributed by atoms with E-state index in [1.165, 1.54) is 6.92 Å². The summed E-state index contributed by atoms with van der Waals surface area (Å²) in [6.07, 6.45) is 3.27. The maximum absolute atomic E-state index is 13.1. The molecule has 0 radical (unpaired) electrons. The van der Waals surface area contributed by atoms with E-state index in [0.29, 0.717) is 35.7 Å². The smallest absolute Gasteiger partial charge is 0.339 e. The third-order valence-electron chi connectivity index (χ3n) is 5.43. The van der Waals surface area contributed by atoms with E-state index in [0.717, 1.165) is 33.8 Å². The number of hydrogen-bond acceptors (Lipinski definition) is 6. The zero-order valence-corrected chi connectivity index (χ0v) is 22.0. The highest BCUT2D eigenvalue weighted by atomic mass is 79.9. The molecule has 6 nitrogen and oxygen atoms in total. The van der Waals surface area contributed by atoms with Crippen molar-refractivity contribution in [2.45, 2.75) is 47.0 Å². The molecule has 0 spiro atoms. The molecule has 0 aliphatic carbocycles. The first kappa shape index (κ1) is 26.4. The molecule has 35 heavy (non-hydrogen) atoms. The van der Waals surface area contributed by atoms with E-state index in [1.807, 2.05) is 39.0 Å². The Labute approximate surface area is 213 Å². The van der Waals surface area contributed by atoms with E-state index in [9.17, 15) is 14.4 Å². The Balaban J connectivity index is 1.88. The minimum absolute atomic E-state index is 0.101. The number of rotatable bonds is 10. The van der Waals surface area contributed by atoms with Crippen molar-refractivity contribution in [3.8, 4) is 11.5 Å². The standard InChI is InChI=1S/C28H29BrO6/c1-17(2)6-7-21-14-20(8-11-26(21)34-19(4)30)24(31)16-23-15-22-9-10-25(33-13-5-12-29)18(3)27(22)35-28(23)32/h6,8-11,14-15H,5,7,12-13,16H2,1-4H3. The van der Waals surface area contributed by atoms with Crippen molar-refractivity contribution in [2.24, 2.45) is 0 Å². The van der Waals surface area contributed by atoms with Crippen molar-refractivity contribution in [2.75, 3.05) is 11.9 Å². The van der Waals surface area contributed by atoms with Crippen LogP contribution >= 0.6 is 15.9 Å². The summed E-state index contributed by atoms with van der Waals surface area (Å²) < 4.78 is 16.7. The molecule has 0 aliphatic heterocycles. The Kier molecular flexibility index (Phi) is 9.04. The number of fused-ring (bicyclic) bond motifs is 1. The third kappa shape index (κ3) is 6.92. The van der Waals surface area contributed by atoms with E-state index >= 15 is 0 Å². The first-order valence-electron chi connectivity index (χ1n) is 11.4. The van der Waals surface area contributed by atoms with Crippen LogP contribution < -0.4 is 15.1 Å². The number of carbonyl (C=O) groups excluding carboxylic acids is 2. The number of carbonyl (C=O) groups is 2. The van der Waals surface area contributed by atoms with Crippen LogP contribution in [0, 0.1) is 6.92 Å². The summed E-state index contributed by atoms with van der Waals surface area (Å²) in [5.41, 5.74) is 3.20. The van der Waals surface area contributed by atoms with E-state index < -0.39 is 11.6 Å². The molecule has 0 N–H and O–H groups in total. The van der Waals surface area contributed by atoms with Gasteiger partial charge in [-0.15, -0.1) is 0 Å². The van der Waals surface area contributed by atoms with E-state index in [1.54, 1.807) is 24.3 Å². The van der Waals surface area contributed by atoms with Crippen molar-refractivity contribution in [1.82, 2.24) is 0 Å². The zero-order valence-electron chi connectivity index (χ0n) is 20.4. The van der Waals surface area contributed by atoms with Gasteiger partial charge in [-0.25, -0.2) is 4.79 Å². The second-order valence-corrected chi connectivity index (χ2v) is 9.35. The SMILES string of the molecule is CC(=O)Oc1ccc(C(=O)Cc2cc3ccc(OCCCBr)c(C)c3oc2=O)cc1CC=C(C)C. The summed E-state index contributed by atoms with van der Waals surface area (Å²) in [7, 11) is 0. The highest BCUT2D eigenvalue weighted by Crippen LogP contribution is 2.28. The average Bonchev–Trinajstić information content (AvgIpc) is 2.80. The van der Waals surface area contributed by atoms with Crippen LogP contribution in [-0.4, -0.2) is 23.7 Å². The fraction of sp³-hybridized carbons (Fsp3) is 0.321. The van der Waals surface area contributed by atoms with Gasteiger partial charge in [-0.3, -0.25) is 9.59 Å². The van der Waals surface area contributed by atoms with Gasteiger partial charge in [0.05, 0.1) is 6.61 Å². The summed E-state index contributed by atoms with van der Waals surface area (Å²) in [6, 6.07) is 10.3. The maximum Gasteiger partial charge on any atom is 0.339 e. The maximum atomic E-state index is 13.1. The molecule has 7 heteroatoms. The first-order chi connectivity index (χ1) is 16.7. The number of hydrogen-bond donors (Lipinski definition) is 0. The number of ether oxygens (including phenoxy) is 2.